The summed E-state index contributed by atoms with van der Waals surface area (Å²) >= 11 is 0. The van der Waals surface area contributed by atoms with Crippen LogP contribution in [0.25, 0.3) is 0 Å². The first-order valence-electron chi connectivity index (χ1n) is 6.67. The summed E-state index contributed by atoms with van der Waals surface area (Å²) in [7, 11) is 3.81. The van der Waals surface area contributed by atoms with Crippen LogP contribution in [0.3, 0.4) is 0 Å². The average molecular weight is 277 g/mol. The number of nitrogens with zero attached hydrogens (tertiary/aromatic N) is 2. The molecule has 108 valence electrons. The third-order valence-corrected chi connectivity index (χ3v) is 3.38. The zero-order chi connectivity index (χ0) is 14.5. The first-order chi connectivity index (χ1) is 9.61. The second-order valence-corrected chi connectivity index (χ2v) is 4.75. The van der Waals surface area contributed by atoms with Crippen molar-refractivity contribution in [3.05, 3.63) is 47.8 Å². The number of hydrogen-bond donors (Lipinski definition) is 1. The van der Waals surface area contributed by atoms with E-state index in [-0.39, 0.29) is 11.9 Å². The van der Waals surface area contributed by atoms with E-state index in [0.717, 1.165) is 11.4 Å². The summed E-state index contributed by atoms with van der Waals surface area (Å²) in [6.07, 6.45) is 4.34. The van der Waals surface area contributed by atoms with Crippen LogP contribution in [0.2, 0.25) is 0 Å². The Kier molecular flexibility index (Phi) is 4.74. The fourth-order valence-electron chi connectivity index (χ4n) is 2.04. The van der Waals surface area contributed by atoms with Crippen LogP contribution >= 0.6 is 0 Å². The zero-order valence-corrected chi connectivity index (χ0v) is 12.1. The number of imidazole rings is 1. The third kappa shape index (κ3) is 3.36. The first kappa shape index (κ1) is 14.5. The SMILES string of the molecule is CNC(C)c1ccc(F)cc1OCCc1nccn1C. The second kappa shape index (κ2) is 6.52. The summed E-state index contributed by atoms with van der Waals surface area (Å²) in [5.74, 6) is 1.25. The number of aryl methyl sites for hydroxylation is 1. The molecule has 0 aliphatic carbocycles. The van der Waals surface area contributed by atoms with Gasteiger partial charge in [-0.15, -0.1) is 0 Å². The lowest BCUT2D eigenvalue weighted by molar-refractivity contribution is 0.310. The van der Waals surface area contributed by atoms with E-state index in [1.807, 2.05) is 31.8 Å². The molecule has 2 aromatic rings. The maximum Gasteiger partial charge on any atom is 0.126 e. The highest BCUT2D eigenvalue weighted by atomic mass is 19.1. The third-order valence-electron chi connectivity index (χ3n) is 3.38. The van der Waals surface area contributed by atoms with Crippen molar-refractivity contribution in [1.29, 1.82) is 0 Å². The summed E-state index contributed by atoms with van der Waals surface area (Å²) in [4.78, 5) is 4.23. The van der Waals surface area contributed by atoms with Gasteiger partial charge < -0.3 is 14.6 Å². The van der Waals surface area contributed by atoms with E-state index in [2.05, 4.69) is 10.3 Å². The Morgan fingerprint density at radius 2 is 2.25 bits per heavy atom. The van der Waals surface area contributed by atoms with Crippen molar-refractivity contribution in [2.75, 3.05) is 13.7 Å². The molecule has 0 aliphatic rings. The number of benzene rings is 1. The van der Waals surface area contributed by atoms with Crippen molar-refractivity contribution in [3.63, 3.8) is 0 Å². The number of nitrogens with one attached hydrogen (secondary N) is 1. The van der Waals surface area contributed by atoms with Gasteiger partial charge in [-0.25, -0.2) is 9.37 Å². The highest BCUT2D eigenvalue weighted by Gasteiger charge is 2.11. The molecule has 0 saturated carbocycles. The Labute approximate surface area is 118 Å². The molecule has 0 radical (unpaired) electrons. The molecule has 1 aromatic carbocycles. The topological polar surface area (TPSA) is 39.1 Å². The van der Waals surface area contributed by atoms with Gasteiger partial charge in [0.2, 0.25) is 0 Å². The number of halogens is 1. The molecule has 0 amide bonds. The molecule has 2 rings (SSSR count). The van der Waals surface area contributed by atoms with Crippen molar-refractivity contribution in [2.45, 2.75) is 19.4 Å². The monoisotopic (exact) mass is 277 g/mol. The van der Waals surface area contributed by atoms with E-state index < -0.39 is 0 Å². The predicted molar refractivity (Wildman–Crippen MR) is 76.3 cm³/mol. The van der Waals surface area contributed by atoms with Crippen LogP contribution in [0.1, 0.15) is 24.4 Å². The summed E-state index contributed by atoms with van der Waals surface area (Å²) in [6.45, 7) is 2.48. The zero-order valence-electron chi connectivity index (χ0n) is 12.1. The van der Waals surface area contributed by atoms with Crippen LogP contribution in [-0.4, -0.2) is 23.2 Å². The second-order valence-electron chi connectivity index (χ2n) is 4.75. The highest BCUT2D eigenvalue weighted by molar-refractivity contribution is 5.36. The molecule has 4 nitrogen and oxygen atoms in total. The number of ether oxygens (including phenoxy) is 1. The molecule has 0 saturated heterocycles. The van der Waals surface area contributed by atoms with Crippen LogP contribution in [-0.2, 0) is 13.5 Å². The van der Waals surface area contributed by atoms with Gasteiger partial charge in [-0.2, -0.15) is 0 Å². The number of rotatable bonds is 6. The van der Waals surface area contributed by atoms with Crippen LogP contribution in [0, 0.1) is 5.82 Å². The quantitative estimate of drug-likeness (QED) is 0.881. The van der Waals surface area contributed by atoms with Crippen LogP contribution in [0.4, 0.5) is 4.39 Å². The first-order valence-corrected chi connectivity index (χ1v) is 6.67. The molecule has 1 N–H and O–H groups in total. The molecule has 1 heterocycles. The Morgan fingerprint density at radius 3 is 2.90 bits per heavy atom. The minimum atomic E-state index is -0.288. The average Bonchev–Trinajstić information content (AvgIpc) is 2.84. The largest absolute Gasteiger partial charge is 0.493 e. The fraction of sp³-hybridized carbons (Fsp3) is 0.400. The summed E-state index contributed by atoms with van der Waals surface area (Å²) < 4.78 is 21.0. The Hall–Kier alpha value is -1.88. The van der Waals surface area contributed by atoms with Crippen molar-refractivity contribution in [1.82, 2.24) is 14.9 Å². The number of aromatic nitrogens is 2. The van der Waals surface area contributed by atoms with E-state index in [4.69, 9.17) is 4.74 Å². The molecule has 1 atom stereocenters. The van der Waals surface area contributed by atoms with E-state index >= 15 is 0 Å². The highest BCUT2D eigenvalue weighted by Crippen LogP contribution is 2.26. The summed E-state index contributed by atoms with van der Waals surface area (Å²) in [5.41, 5.74) is 0.953. The van der Waals surface area contributed by atoms with Crippen LogP contribution in [0.15, 0.2) is 30.6 Å². The molecule has 0 spiro atoms. The minimum absolute atomic E-state index is 0.110. The van der Waals surface area contributed by atoms with Gasteiger partial charge in [-0.3, -0.25) is 0 Å². The Morgan fingerprint density at radius 1 is 1.45 bits per heavy atom. The van der Waals surface area contributed by atoms with Gasteiger partial charge >= 0.3 is 0 Å². The molecular weight excluding hydrogens is 257 g/mol. The maximum absolute atomic E-state index is 13.4. The standard InChI is InChI=1S/C15H20FN3O/c1-11(17-2)13-5-4-12(16)10-14(13)20-9-6-15-18-7-8-19(15)3/h4-5,7-8,10-11,17H,6,9H2,1-3H3. The molecule has 1 aromatic heterocycles. The molecule has 0 aliphatic heterocycles. The van der Waals surface area contributed by atoms with Crippen LogP contribution in [0.5, 0.6) is 5.75 Å². The van der Waals surface area contributed by atoms with E-state index in [1.165, 1.54) is 12.1 Å². The smallest absolute Gasteiger partial charge is 0.126 e. The molecule has 20 heavy (non-hydrogen) atoms. The van der Waals surface area contributed by atoms with Gasteiger partial charge in [0.05, 0.1) is 6.61 Å². The Balaban J connectivity index is 2.04. The van der Waals surface area contributed by atoms with Gasteiger partial charge in [-0.1, -0.05) is 6.07 Å². The van der Waals surface area contributed by atoms with Gasteiger partial charge in [-0.05, 0) is 20.0 Å². The Bertz CT molecular complexity index is 568. The maximum atomic E-state index is 13.4. The van der Waals surface area contributed by atoms with Gasteiger partial charge in [0.1, 0.15) is 17.4 Å². The lowest BCUT2D eigenvalue weighted by Gasteiger charge is -2.16. The molecule has 1 unspecified atom stereocenters. The fourth-order valence-corrected chi connectivity index (χ4v) is 2.04. The predicted octanol–water partition coefficient (Wildman–Crippen LogP) is 2.46. The van der Waals surface area contributed by atoms with E-state index in [0.29, 0.717) is 18.8 Å². The number of hydrogen-bond acceptors (Lipinski definition) is 3. The van der Waals surface area contributed by atoms with E-state index in [9.17, 15) is 4.39 Å². The minimum Gasteiger partial charge on any atom is -0.493 e. The van der Waals surface area contributed by atoms with Crippen molar-refractivity contribution < 1.29 is 9.13 Å². The van der Waals surface area contributed by atoms with E-state index in [1.54, 1.807) is 12.3 Å². The normalized spacial score (nSPS) is 12.4. The van der Waals surface area contributed by atoms with Crippen molar-refractivity contribution in [2.24, 2.45) is 7.05 Å². The van der Waals surface area contributed by atoms with Gasteiger partial charge in [0, 0.05) is 43.5 Å². The lowest BCUT2D eigenvalue weighted by Crippen LogP contribution is -2.15. The van der Waals surface area contributed by atoms with Gasteiger partial charge in [0.25, 0.3) is 0 Å². The molecule has 5 heteroatoms. The molecular formula is C15H20FN3O. The van der Waals surface area contributed by atoms with Gasteiger partial charge in [0.15, 0.2) is 0 Å². The molecule has 0 fully saturated rings. The lowest BCUT2D eigenvalue weighted by atomic mass is 10.1. The summed E-state index contributed by atoms with van der Waals surface area (Å²) in [6, 6.07) is 4.75. The molecule has 0 bridgehead atoms. The van der Waals surface area contributed by atoms with Crippen molar-refractivity contribution >= 4 is 0 Å². The van der Waals surface area contributed by atoms with Crippen LogP contribution < -0.4 is 10.1 Å². The van der Waals surface area contributed by atoms with Crippen molar-refractivity contribution in [3.8, 4) is 5.75 Å². The summed E-state index contributed by atoms with van der Waals surface area (Å²) in [5, 5.41) is 3.14.